The Bertz CT molecular complexity index is 1950. The maximum absolute atomic E-state index is 13.7. The number of phenolic OH excluding ortho intramolecular Hbond substituents is 3. The molecule has 4 N–H and O–H groups in total. The number of methoxy groups -OCH3 is 3. The Labute approximate surface area is 245 Å². The fourth-order valence-corrected chi connectivity index (χ4v) is 6.42. The molecule has 2 aliphatic rings. The normalized spacial score (nSPS) is 17.4. The van der Waals surface area contributed by atoms with Crippen LogP contribution >= 0.6 is 0 Å². The van der Waals surface area contributed by atoms with Gasteiger partial charge in [-0.1, -0.05) is 0 Å². The summed E-state index contributed by atoms with van der Waals surface area (Å²) in [6, 6.07) is 7.41. The minimum atomic E-state index is -1.28. The summed E-state index contributed by atoms with van der Waals surface area (Å²) in [5.74, 6) is -3.03. The zero-order valence-electron chi connectivity index (χ0n) is 24.0. The number of ketones is 3. The van der Waals surface area contributed by atoms with Crippen LogP contribution in [0.3, 0.4) is 0 Å². The van der Waals surface area contributed by atoms with Gasteiger partial charge in [-0.25, -0.2) is 0 Å². The summed E-state index contributed by atoms with van der Waals surface area (Å²) in [5.41, 5.74) is -0.877. The molecule has 6 rings (SSSR count). The summed E-state index contributed by atoms with van der Waals surface area (Å²) in [5, 5.41) is 45.0. The molecule has 0 fully saturated rings. The zero-order chi connectivity index (χ0) is 31.1. The van der Waals surface area contributed by atoms with E-state index in [9.17, 15) is 34.8 Å². The van der Waals surface area contributed by atoms with Crippen LogP contribution in [0.4, 0.5) is 0 Å². The number of phenols is 3. The van der Waals surface area contributed by atoms with Crippen molar-refractivity contribution in [3.8, 4) is 45.6 Å². The first-order valence-electron chi connectivity index (χ1n) is 13.4. The van der Waals surface area contributed by atoms with E-state index in [0.717, 1.165) is 0 Å². The van der Waals surface area contributed by atoms with Crippen molar-refractivity contribution in [2.24, 2.45) is 0 Å². The molecular formula is C33H28O10. The number of aryl methyl sites for hydroxylation is 1. The van der Waals surface area contributed by atoms with Gasteiger partial charge in [-0.2, -0.15) is 0 Å². The number of carbonyl (C=O) groups excluding carboxylic acids is 3. The minimum absolute atomic E-state index is 0.00162. The average Bonchev–Trinajstić information content (AvgIpc) is 2.93. The Kier molecular flexibility index (Phi) is 6.17. The van der Waals surface area contributed by atoms with Crippen molar-refractivity contribution in [2.75, 3.05) is 21.3 Å². The Morgan fingerprint density at radius 1 is 0.698 bits per heavy atom. The number of aliphatic hydroxyl groups is 1. The molecule has 0 bridgehead atoms. The second kappa shape index (κ2) is 9.47. The molecule has 2 aliphatic carbocycles. The van der Waals surface area contributed by atoms with Crippen LogP contribution in [0.15, 0.2) is 30.3 Å². The first kappa shape index (κ1) is 28.0. The van der Waals surface area contributed by atoms with E-state index in [4.69, 9.17) is 14.2 Å². The van der Waals surface area contributed by atoms with Crippen molar-refractivity contribution in [2.45, 2.75) is 32.3 Å². The van der Waals surface area contributed by atoms with Crippen LogP contribution in [-0.2, 0) is 6.42 Å². The number of ether oxygens (including phenoxy) is 3. The van der Waals surface area contributed by atoms with E-state index in [0.29, 0.717) is 16.5 Å². The van der Waals surface area contributed by atoms with Crippen molar-refractivity contribution in [1.29, 1.82) is 0 Å². The topological polar surface area (TPSA) is 160 Å². The number of Topliss-reactive ketones (excluding diaryl/α,β-unsaturated/α-hetero) is 1. The van der Waals surface area contributed by atoms with E-state index in [2.05, 4.69) is 0 Å². The Hall–Kier alpha value is -5.09. The van der Waals surface area contributed by atoms with Gasteiger partial charge in [0.2, 0.25) is 5.78 Å². The molecule has 43 heavy (non-hydrogen) atoms. The second-order valence-electron chi connectivity index (χ2n) is 11.2. The van der Waals surface area contributed by atoms with E-state index >= 15 is 0 Å². The lowest BCUT2D eigenvalue weighted by atomic mass is 9.78. The van der Waals surface area contributed by atoms with Crippen molar-refractivity contribution in [3.63, 3.8) is 0 Å². The monoisotopic (exact) mass is 584 g/mol. The maximum Gasteiger partial charge on any atom is 0.201 e. The van der Waals surface area contributed by atoms with E-state index < -0.39 is 34.4 Å². The number of hydrogen-bond donors (Lipinski definition) is 4. The van der Waals surface area contributed by atoms with Gasteiger partial charge < -0.3 is 34.6 Å². The van der Waals surface area contributed by atoms with Crippen molar-refractivity contribution >= 4 is 28.1 Å². The van der Waals surface area contributed by atoms with Gasteiger partial charge in [-0.15, -0.1) is 0 Å². The van der Waals surface area contributed by atoms with Gasteiger partial charge in [-0.05, 0) is 60.7 Å². The summed E-state index contributed by atoms with van der Waals surface area (Å²) in [6.07, 6.45) is -0.0544. The fraction of sp³-hybridized carbons (Fsp3) is 0.242. The molecule has 0 saturated heterocycles. The van der Waals surface area contributed by atoms with Crippen LogP contribution < -0.4 is 14.2 Å². The summed E-state index contributed by atoms with van der Waals surface area (Å²) >= 11 is 0. The van der Waals surface area contributed by atoms with Gasteiger partial charge >= 0.3 is 0 Å². The van der Waals surface area contributed by atoms with Crippen LogP contribution in [0.25, 0.3) is 21.9 Å². The lowest BCUT2D eigenvalue weighted by Crippen LogP contribution is -2.35. The largest absolute Gasteiger partial charge is 0.507 e. The number of fused-ring (bicyclic) bond motifs is 4. The molecule has 1 atom stereocenters. The Morgan fingerprint density at radius 3 is 2.00 bits per heavy atom. The highest BCUT2D eigenvalue weighted by Crippen LogP contribution is 2.55. The SMILES string of the molecule is COc1cc2c(c(O)c1-c1c(OC)cc3cc4c(c(O)c3c1OC)C(=O)C[C@@](C)(O)C4)C(=O)c1c(O)cc(C)cc1C2=O. The van der Waals surface area contributed by atoms with Crippen molar-refractivity contribution < 1.29 is 49.0 Å². The molecule has 10 nitrogen and oxygen atoms in total. The molecule has 0 radical (unpaired) electrons. The number of rotatable bonds is 4. The molecule has 4 aromatic carbocycles. The molecule has 4 aromatic rings. The van der Waals surface area contributed by atoms with Crippen LogP contribution in [-0.4, -0.2) is 64.7 Å². The van der Waals surface area contributed by atoms with Crippen molar-refractivity contribution in [3.05, 3.63) is 69.3 Å². The lowest BCUT2D eigenvalue weighted by Gasteiger charge is -2.30. The average molecular weight is 585 g/mol. The predicted octanol–water partition coefficient (Wildman–Crippen LogP) is 4.61. The number of benzene rings is 4. The standard InChI is InChI=1S/C33H28O10/c1-13-6-16-24(18(34)7-13)30(38)25-17(28(16)36)10-21(42-4)26(31(25)39)27-20(41-3)9-14-8-15-11-33(2,40)12-19(35)22(15)29(37)23(14)32(27)43-5/h6-10,34,37,39-40H,11-12H2,1-5H3/t33-/m0/s1. The van der Waals surface area contributed by atoms with Gasteiger partial charge in [0.25, 0.3) is 0 Å². The maximum atomic E-state index is 13.7. The van der Waals surface area contributed by atoms with E-state index in [1.54, 1.807) is 26.0 Å². The highest BCUT2D eigenvalue weighted by Gasteiger charge is 2.40. The fourth-order valence-electron chi connectivity index (χ4n) is 6.42. The molecule has 0 spiro atoms. The van der Waals surface area contributed by atoms with Crippen LogP contribution in [0.1, 0.15) is 66.7 Å². The molecule has 0 heterocycles. The summed E-state index contributed by atoms with van der Waals surface area (Å²) < 4.78 is 17.1. The third-order valence-corrected chi connectivity index (χ3v) is 8.16. The van der Waals surface area contributed by atoms with Gasteiger partial charge in [0, 0.05) is 24.0 Å². The molecule has 220 valence electrons. The smallest absolute Gasteiger partial charge is 0.201 e. The predicted molar refractivity (Wildman–Crippen MR) is 155 cm³/mol. The second-order valence-corrected chi connectivity index (χ2v) is 11.2. The van der Waals surface area contributed by atoms with Gasteiger partial charge in [0.1, 0.15) is 34.5 Å². The highest BCUT2D eigenvalue weighted by molar-refractivity contribution is 6.31. The molecule has 0 aromatic heterocycles. The van der Waals surface area contributed by atoms with E-state index in [1.165, 1.54) is 39.5 Å². The quantitative estimate of drug-likeness (QED) is 0.235. The molecule has 0 saturated carbocycles. The Morgan fingerprint density at radius 2 is 1.35 bits per heavy atom. The highest BCUT2D eigenvalue weighted by atomic mass is 16.5. The summed E-state index contributed by atoms with van der Waals surface area (Å²) in [7, 11) is 4.03. The van der Waals surface area contributed by atoms with Gasteiger partial charge in [-0.3, -0.25) is 14.4 Å². The number of aromatic hydroxyl groups is 3. The van der Waals surface area contributed by atoms with E-state index in [-0.39, 0.29) is 80.2 Å². The summed E-state index contributed by atoms with van der Waals surface area (Å²) in [4.78, 5) is 40.3. The van der Waals surface area contributed by atoms with Crippen LogP contribution in [0.5, 0.6) is 34.5 Å². The Balaban J connectivity index is 1.70. The lowest BCUT2D eigenvalue weighted by molar-refractivity contribution is 0.0409. The number of hydrogen-bond acceptors (Lipinski definition) is 10. The summed E-state index contributed by atoms with van der Waals surface area (Å²) in [6.45, 7) is 3.23. The molecule has 0 unspecified atom stereocenters. The zero-order valence-corrected chi connectivity index (χ0v) is 24.0. The van der Waals surface area contributed by atoms with E-state index in [1.807, 2.05) is 0 Å². The molecule has 0 aliphatic heterocycles. The third kappa shape index (κ3) is 3.94. The van der Waals surface area contributed by atoms with Crippen molar-refractivity contribution in [1.82, 2.24) is 0 Å². The van der Waals surface area contributed by atoms with Gasteiger partial charge in [0.05, 0.1) is 60.1 Å². The van der Waals surface area contributed by atoms with Gasteiger partial charge in [0.15, 0.2) is 11.6 Å². The minimum Gasteiger partial charge on any atom is -0.507 e. The molecular weight excluding hydrogens is 556 g/mol. The molecule has 10 heteroatoms. The first-order chi connectivity index (χ1) is 20.3. The first-order valence-corrected chi connectivity index (χ1v) is 13.4. The third-order valence-electron chi connectivity index (χ3n) is 8.16. The number of carbonyl (C=O) groups is 3. The van der Waals surface area contributed by atoms with Crippen LogP contribution in [0, 0.1) is 6.92 Å². The van der Waals surface area contributed by atoms with Crippen LogP contribution in [0.2, 0.25) is 0 Å². The molecule has 0 amide bonds.